The summed E-state index contributed by atoms with van der Waals surface area (Å²) in [6, 6.07) is 1.98. The number of hydrogen-bond acceptors (Lipinski definition) is 7. The van der Waals surface area contributed by atoms with Crippen molar-refractivity contribution >= 4 is 11.3 Å². The van der Waals surface area contributed by atoms with Crippen LogP contribution in [0.3, 0.4) is 0 Å². The summed E-state index contributed by atoms with van der Waals surface area (Å²) in [6.45, 7) is 4.12. The molecule has 108 valence electrons. The molecule has 0 spiro atoms. The zero-order chi connectivity index (χ0) is 13.8. The van der Waals surface area contributed by atoms with Crippen LogP contribution in [0.5, 0.6) is 0 Å². The molecular formula is C13H18N4O2S. The van der Waals surface area contributed by atoms with Crippen molar-refractivity contribution in [1.29, 1.82) is 0 Å². The van der Waals surface area contributed by atoms with Gasteiger partial charge in [0.25, 0.3) is 0 Å². The first-order valence-electron chi connectivity index (χ1n) is 6.67. The summed E-state index contributed by atoms with van der Waals surface area (Å²) in [5.74, 6) is 1.26. The molecule has 3 rings (SSSR count). The Kier molecular flexibility index (Phi) is 4.41. The highest BCUT2D eigenvalue weighted by molar-refractivity contribution is 7.08. The minimum absolute atomic E-state index is 0.230. The lowest BCUT2D eigenvalue weighted by Gasteiger charge is -2.30. The molecule has 0 aliphatic carbocycles. The molecular weight excluding hydrogens is 276 g/mol. The number of ether oxygens (including phenoxy) is 1. The molecule has 1 unspecified atom stereocenters. The number of nitrogens with zero attached hydrogens (tertiary/aromatic N) is 3. The Labute approximate surface area is 121 Å². The predicted octanol–water partition coefficient (Wildman–Crippen LogP) is 1.22. The largest absolute Gasteiger partial charge is 0.374 e. The fourth-order valence-electron chi connectivity index (χ4n) is 2.17. The van der Waals surface area contributed by atoms with E-state index in [1.165, 1.54) is 0 Å². The minimum Gasteiger partial charge on any atom is -0.374 e. The zero-order valence-electron chi connectivity index (χ0n) is 11.4. The molecule has 1 atom stereocenters. The van der Waals surface area contributed by atoms with Crippen molar-refractivity contribution in [3.05, 3.63) is 22.7 Å². The van der Waals surface area contributed by atoms with E-state index in [0.717, 1.165) is 31.8 Å². The first kappa shape index (κ1) is 13.7. The van der Waals surface area contributed by atoms with E-state index in [4.69, 9.17) is 9.26 Å². The summed E-state index contributed by atoms with van der Waals surface area (Å²) >= 11 is 1.62. The normalized spacial score (nSPS) is 20.4. The van der Waals surface area contributed by atoms with Gasteiger partial charge in [-0.05, 0) is 18.5 Å². The molecule has 0 radical (unpaired) electrons. The van der Waals surface area contributed by atoms with Crippen molar-refractivity contribution in [3.8, 4) is 11.4 Å². The van der Waals surface area contributed by atoms with Crippen molar-refractivity contribution in [1.82, 2.24) is 20.4 Å². The predicted molar refractivity (Wildman–Crippen MR) is 76.6 cm³/mol. The molecule has 3 heterocycles. The van der Waals surface area contributed by atoms with Gasteiger partial charge in [0.05, 0.1) is 19.3 Å². The fraction of sp³-hybridized carbons (Fsp3) is 0.538. The van der Waals surface area contributed by atoms with Gasteiger partial charge in [-0.25, -0.2) is 0 Å². The molecule has 1 fully saturated rings. The summed E-state index contributed by atoms with van der Waals surface area (Å²) < 4.78 is 10.9. The van der Waals surface area contributed by atoms with Crippen molar-refractivity contribution < 1.29 is 9.26 Å². The third-order valence-electron chi connectivity index (χ3n) is 3.24. The molecule has 2 aromatic heterocycles. The number of nitrogens with one attached hydrogen (secondary N) is 1. The van der Waals surface area contributed by atoms with Gasteiger partial charge in [-0.1, -0.05) is 5.16 Å². The van der Waals surface area contributed by atoms with Crippen molar-refractivity contribution in [2.24, 2.45) is 0 Å². The SMILES string of the molecule is CN1CCOC(CNCc2nc(-c3ccsc3)no2)C1. The molecule has 7 heteroatoms. The zero-order valence-corrected chi connectivity index (χ0v) is 12.2. The Morgan fingerprint density at radius 2 is 2.50 bits per heavy atom. The molecule has 20 heavy (non-hydrogen) atoms. The maximum Gasteiger partial charge on any atom is 0.240 e. The Morgan fingerprint density at radius 1 is 1.55 bits per heavy atom. The molecule has 1 aliphatic heterocycles. The van der Waals surface area contributed by atoms with Gasteiger partial charge >= 0.3 is 0 Å². The number of aromatic nitrogens is 2. The van der Waals surface area contributed by atoms with Crippen LogP contribution in [0.25, 0.3) is 11.4 Å². The molecule has 2 aromatic rings. The Bertz CT molecular complexity index is 528. The van der Waals surface area contributed by atoms with E-state index in [1.54, 1.807) is 11.3 Å². The van der Waals surface area contributed by atoms with Gasteiger partial charge in [-0.15, -0.1) is 0 Å². The van der Waals surface area contributed by atoms with Crippen LogP contribution in [0.4, 0.5) is 0 Å². The highest BCUT2D eigenvalue weighted by atomic mass is 32.1. The molecule has 0 bridgehead atoms. The van der Waals surface area contributed by atoms with Gasteiger partial charge in [-0.2, -0.15) is 16.3 Å². The lowest BCUT2D eigenvalue weighted by Crippen LogP contribution is -2.44. The molecule has 0 amide bonds. The summed E-state index contributed by atoms with van der Waals surface area (Å²) in [5, 5.41) is 11.3. The summed E-state index contributed by atoms with van der Waals surface area (Å²) in [7, 11) is 2.11. The maximum atomic E-state index is 5.68. The molecule has 6 nitrogen and oxygen atoms in total. The summed E-state index contributed by atoms with van der Waals surface area (Å²) in [4.78, 5) is 6.64. The highest BCUT2D eigenvalue weighted by Gasteiger charge is 2.17. The minimum atomic E-state index is 0.230. The molecule has 1 saturated heterocycles. The Morgan fingerprint density at radius 3 is 3.30 bits per heavy atom. The number of likely N-dealkylation sites (N-methyl/N-ethyl adjacent to an activating group) is 1. The maximum absolute atomic E-state index is 5.68. The van der Waals surface area contributed by atoms with Gasteiger partial charge in [0.1, 0.15) is 0 Å². The van der Waals surface area contributed by atoms with Gasteiger partial charge in [0, 0.05) is 30.6 Å². The first-order valence-corrected chi connectivity index (χ1v) is 7.61. The van der Waals surface area contributed by atoms with Gasteiger partial charge in [0.2, 0.25) is 11.7 Å². The van der Waals surface area contributed by atoms with E-state index < -0.39 is 0 Å². The number of thiophene rings is 1. The van der Waals surface area contributed by atoms with E-state index in [-0.39, 0.29) is 6.10 Å². The van der Waals surface area contributed by atoms with Gasteiger partial charge in [-0.3, -0.25) is 0 Å². The molecule has 1 N–H and O–H groups in total. The van der Waals surface area contributed by atoms with E-state index in [2.05, 4.69) is 27.4 Å². The number of rotatable bonds is 5. The van der Waals surface area contributed by atoms with Crippen molar-refractivity contribution in [2.75, 3.05) is 33.3 Å². The first-order chi connectivity index (χ1) is 9.81. The smallest absolute Gasteiger partial charge is 0.240 e. The second-order valence-corrected chi connectivity index (χ2v) is 5.69. The van der Waals surface area contributed by atoms with Crippen LogP contribution in [0.1, 0.15) is 5.89 Å². The van der Waals surface area contributed by atoms with Crippen LogP contribution in [-0.4, -0.2) is 54.4 Å². The van der Waals surface area contributed by atoms with Crippen LogP contribution < -0.4 is 5.32 Å². The van der Waals surface area contributed by atoms with Gasteiger partial charge in [0.15, 0.2) is 0 Å². The Hall–Kier alpha value is -1.28. The van der Waals surface area contributed by atoms with Crippen molar-refractivity contribution in [2.45, 2.75) is 12.6 Å². The van der Waals surface area contributed by atoms with Gasteiger partial charge < -0.3 is 19.5 Å². The number of morpholine rings is 1. The van der Waals surface area contributed by atoms with Crippen molar-refractivity contribution in [3.63, 3.8) is 0 Å². The van der Waals surface area contributed by atoms with E-state index in [1.807, 2.05) is 16.8 Å². The standard InChI is InChI=1S/C13H18N4O2S/c1-17-3-4-18-11(8-17)6-14-7-12-15-13(16-19-12)10-2-5-20-9-10/h2,5,9,11,14H,3-4,6-8H2,1H3. The molecule has 0 saturated carbocycles. The summed E-state index contributed by atoms with van der Waals surface area (Å²) in [5.41, 5.74) is 1.00. The van der Waals surface area contributed by atoms with Crippen LogP contribution in [-0.2, 0) is 11.3 Å². The fourth-order valence-corrected chi connectivity index (χ4v) is 2.80. The summed E-state index contributed by atoms with van der Waals surface area (Å²) in [6.07, 6.45) is 0.230. The average molecular weight is 294 g/mol. The number of hydrogen-bond donors (Lipinski definition) is 1. The molecule has 1 aliphatic rings. The molecule has 0 aromatic carbocycles. The second-order valence-electron chi connectivity index (χ2n) is 4.91. The van der Waals surface area contributed by atoms with E-state index >= 15 is 0 Å². The van der Waals surface area contributed by atoms with Crippen LogP contribution in [0, 0.1) is 0 Å². The second kappa shape index (κ2) is 6.45. The lowest BCUT2D eigenvalue weighted by atomic mass is 10.3. The van der Waals surface area contributed by atoms with E-state index in [0.29, 0.717) is 18.3 Å². The lowest BCUT2D eigenvalue weighted by molar-refractivity contribution is -0.0184. The van der Waals surface area contributed by atoms with Crippen LogP contribution >= 0.6 is 11.3 Å². The quantitative estimate of drug-likeness (QED) is 0.894. The average Bonchev–Trinajstić information content (AvgIpc) is 3.09. The van der Waals surface area contributed by atoms with E-state index in [9.17, 15) is 0 Å². The third kappa shape index (κ3) is 3.43. The highest BCUT2D eigenvalue weighted by Crippen LogP contribution is 2.18. The van der Waals surface area contributed by atoms with Crippen LogP contribution in [0.15, 0.2) is 21.3 Å². The topological polar surface area (TPSA) is 63.4 Å². The monoisotopic (exact) mass is 294 g/mol. The van der Waals surface area contributed by atoms with Crippen LogP contribution in [0.2, 0.25) is 0 Å². The Balaban J connectivity index is 1.47. The third-order valence-corrected chi connectivity index (χ3v) is 3.92.